The third-order valence-electron chi connectivity index (χ3n) is 0.293. The van der Waals surface area contributed by atoms with Crippen LogP contribution in [-0.4, -0.2) is 12.8 Å². The van der Waals surface area contributed by atoms with Gasteiger partial charge in [-0.3, -0.25) is 0 Å². The van der Waals surface area contributed by atoms with Crippen LogP contribution in [-0.2, 0) is 4.57 Å². The van der Waals surface area contributed by atoms with Crippen molar-refractivity contribution in [2.75, 3.05) is 12.8 Å². The molecule has 0 aliphatic rings. The first-order valence-electron chi connectivity index (χ1n) is 1.52. The van der Waals surface area contributed by atoms with E-state index in [0.29, 0.717) is 0 Å². The summed E-state index contributed by atoms with van der Waals surface area (Å²) in [7, 11) is -1.21. The van der Waals surface area contributed by atoms with Crippen molar-refractivity contribution < 1.29 is 4.57 Å². The zero-order chi connectivity index (χ0) is 4.99. The van der Waals surface area contributed by atoms with Crippen LogP contribution in [0.2, 0.25) is 0 Å². The van der Waals surface area contributed by atoms with Crippen molar-refractivity contribution in [1.29, 1.82) is 5.26 Å². The minimum Gasteiger partial charge on any atom is -0.194 e. The first-order chi connectivity index (χ1) is 2.77. The number of nitrogens with zero attached hydrogens (tertiary/aromatic N) is 1. The second-order valence-electron chi connectivity index (χ2n) is 0.944. The largest absolute Gasteiger partial charge is 0.350 e. The van der Waals surface area contributed by atoms with E-state index in [2.05, 4.69) is 0 Å². The van der Waals surface area contributed by atoms with E-state index in [1.807, 2.05) is 0 Å². The Balaban J connectivity index is 3.13. The molecule has 0 bridgehead atoms. The molecule has 0 saturated heterocycles. The molecule has 0 spiro atoms. The van der Waals surface area contributed by atoms with Crippen molar-refractivity contribution in [2.45, 2.75) is 0 Å². The third-order valence-corrected chi connectivity index (χ3v) is 0.880. The van der Waals surface area contributed by atoms with Gasteiger partial charge in [0.05, 0.1) is 0 Å². The van der Waals surface area contributed by atoms with Gasteiger partial charge in [0.1, 0.15) is 12.7 Å². The summed E-state index contributed by atoms with van der Waals surface area (Å²) in [4.78, 5) is 0. The van der Waals surface area contributed by atoms with E-state index in [-0.39, 0.29) is 6.16 Å². The number of hydrogen-bond donors (Lipinski definition) is 0. The third kappa shape index (κ3) is 3.59. The second kappa shape index (κ2) is 2.81. The predicted octanol–water partition coefficient (Wildman–Crippen LogP) is 0.967. The van der Waals surface area contributed by atoms with Gasteiger partial charge in [0.15, 0.2) is 0 Å². The molecule has 0 heterocycles. The van der Waals surface area contributed by atoms with Crippen LogP contribution in [0, 0.1) is 11.3 Å². The summed E-state index contributed by atoms with van der Waals surface area (Å²) in [6.45, 7) is 1.54. The van der Waals surface area contributed by atoms with Gasteiger partial charge >= 0.3 is 7.80 Å². The monoisotopic (exact) mass is 102 g/mol. The van der Waals surface area contributed by atoms with E-state index in [1.165, 1.54) is 0 Å². The van der Waals surface area contributed by atoms with Crippen LogP contribution in [0.15, 0.2) is 0 Å². The van der Waals surface area contributed by atoms with Crippen molar-refractivity contribution in [3.8, 4) is 6.07 Å². The number of nitriles is 1. The summed E-state index contributed by atoms with van der Waals surface area (Å²) in [6, 6.07) is 1.78. The molecule has 0 rings (SSSR count). The zero-order valence-corrected chi connectivity index (χ0v) is 4.40. The molecule has 2 nitrogen and oxygen atoms in total. The van der Waals surface area contributed by atoms with Gasteiger partial charge in [-0.25, -0.2) is 0 Å². The molecule has 1 unspecified atom stereocenters. The van der Waals surface area contributed by atoms with Gasteiger partial charge in [-0.1, -0.05) is 4.57 Å². The van der Waals surface area contributed by atoms with E-state index in [4.69, 9.17) is 5.26 Å². The topological polar surface area (TPSA) is 40.9 Å². The van der Waals surface area contributed by atoms with Crippen molar-refractivity contribution >= 4 is 7.80 Å². The summed E-state index contributed by atoms with van der Waals surface area (Å²) < 4.78 is 9.97. The smallest absolute Gasteiger partial charge is 0.194 e. The standard InChI is InChI=1S/C3H5NOP/c1-6(5)3-2-4/h3H2,1H3/q+1. The average Bonchev–Trinajstić information content (AvgIpc) is 1.35. The molecule has 0 fully saturated rings. The Kier molecular flexibility index (Phi) is 2.62. The quantitative estimate of drug-likeness (QED) is 0.463. The average molecular weight is 102 g/mol. The Morgan fingerprint density at radius 2 is 2.50 bits per heavy atom. The van der Waals surface area contributed by atoms with Gasteiger partial charge in [-0.15, -0.1) is 0 Å². The Morgan fingerprint density at radius 3 is 2.50 bits per heavy atom. The maximum absolute atomic E-state index is 9.97. The SMILES string of the molecule is C[P+](=O)CC#N. The van der Waals surface area contributed by atoms with Crippen LogP contribution in [0.5, 0.6) is 0 Å². The van der Waals surface area contributed by atoms with Crippen LogP contribution in [0.1, 0.15) is 0 Å². The highest BCUT2D eigenvalue weighted by molar-refractivity contribution is 7.44. The normalized spacial score (nSPS) is 9.67. The Morgan fingerprint density at radius 1 is 2.00 bits per heavy atom. The van der Waals surface area contributed by atoms with Crippen molar-refractivity contribution in [3.63, 3.8) is 0 Å². The minimum atomic E-state index is -1.21. The van der Waals surface area contributed by atoms with Crippen LogP contribution in [0.3, 0.4) is 0 Å². The second-order valence-corrected chi connectivity index (χ2v) is 2.52. The van der Waals surface area contributed by atoms with Crippen molar-refractivity contribution in [3.05, 3.63) is 0 Å². The van der Waals surface area contributed by atoms with Crippen LogP contribution in [0.4, 0.5) is 0 Å². The molecule has 32 valence electrons. The summed E-state index contributed by atoms with van der Waals surface area (Å²) in [5.41, 5.74) is 0. The highest BCUT2D eigenvalue weighted by Gasteiger charge is 1.99. The van der Waals surface area contributed by atoms with Gasteiger partial charge in [-0.05, 0) is 0 Å². The maximum atomic E-state index is 9.97. The lowest BCUT2D eigenvalue weighted by Crippen LogP contribution is -1.61. The fourth-order valence-corrected chi connectivity index (χ4v) is 0.299. The lowest BCUT2D eigenvalue weighted by Gasteiger charge is -1.54. The highest BCUT2D eigenvalue weighted by Crippen LogP contribution is 2.09. The molecule has 0 saturated carbocycles. The highest BCUT2D eigenvalue weighted by atomic mass is 31.1. The lowest BCUT2D eigenvalue weighted by molar-refractivity contribution is 0.593. The summed E-state index contributed by atoms with van der Waals surface area (Å²) >= 11 is 0. The maximum Gasteiger partial charge on any atom is 0.350 e. The lowest BCUT2D eigenvalue weighted by atomic mass is 10.9. The first kappa shape index (κ1) is 5.59. The molecule has 0 aliphatic heterocycles. The van der Waals surface area contributed by atoms with Gasteiger partial charge in [-0.2, -0.15) is 5.26 Å². The van der Waals surface area contributed by atoms with E-state index >= 15 is 0 Å². The molecule has 0 aromatic carbocycles. The number of hydrogen-bond acceptors (Lipinski definition) is 2. The summed E-state index contributed by atoms with van der Waals surface area (Å²) in [5.74, 6) is 0. The van der Waals surface area contributed by atoms with E-state index in [1.54, 1.807) is 12.7 Å². The molecule has 0 amide bonds. The molecule has 3 heteroatoms. The fraction of sp³-hybridized carbons (Fsp3) is 0.667. The Labute approximate surface area is 37.6 Å². The zero-order valence-electron chi connectivity index (χ0n) is 3.51. The van der Waals surface area contributed by atoms with Gasteiger partial charge in [0.25, 0.3) is 0 Å². The molecule has 0 aliphatic carbocycles. The van der Waals surface area contributed by atoms with Crippen LogP contribution < -0.4 is 0 Å². The predicted molar refractivity (Wildman–Crippen MR) is 24.0 cm³/mol. The fourth-order valence-electron chi connectivity index (χ4n) is 0.0996. The molecule has 0 aromatic heterocycles. The molecular formula is C3H5NOP+. The van der Waals surface area contributed by atoms with Crippen molar-refractivity contribution in [1.82, 2.24) is 0 Å². The summed E-state index contributed by atoms with van der Waals surface area (Å²) in [5, 5.41) is 7.80. The van der Waals surface area contributed by atoms with E-state index in [0.717, 1.165) is 0 Å². The first-order valence-corrected chi connectivity index (χ1v) is 3.42. The molecule has 0 N–H and O–H groups in total. The van der Waals surface area contributed by atoms with Gasteiger partial charge < -0.3 is 0 Å². The Bertz CT molecular complexity index is 93.5. The molecule has 6 heavy (non-hydrogen) atoms. The van der Waals surface area contributed by atoms with E-state index < -0.39 is 7.80 Å². The van der Waals surface area contributed by atoms with E-state index in [9.17, 15) is 4.57 Å². The van der Waals surface area contributed by atoms with Crippen LogP contribution in [0.25, 0.3) is 0 Å². The molecule has 1 atom stereocenters. The summed E-state index contributed by atoms with van der Waals surface area (Å²) in [6.07, 6.45) is 0.190. The number of rotatable bonds is 1. The minimum absolute atomic E-state index is 0.190. The van der Waals surface area contributed by atoms with Gasteiger partial charge in [0, 0.05) is 0 Å². The molecule has 0 radical (unpaired) electrons. The Hall–Kier alpha value is -0.410. The molecular weight excluding hydrogens is 97.0 g/mol. The van der Waals surface area contributed by atoms with Crippen LogP contribution >= 0.6 is 7.80 Å². The van der Waals surface area contributed by atoms with Gasteiger partial charge in [0.2, 0.25) is 6.16 Å². The van der Waals surface area contributed by atoms with Crippen molar-refractivity contribution in [2.24, 2.45) is 0 Å². The molecule has 0 aromatic rings.